The number of hydrogen-bond acceptors (Lipinski definition) is 3. The molecule has 0 N–H and O–H groups in total. The Morgan fingerprint density at radius 2 is 1.75 bits per heavy atom. The highest BCUT2D eigenvalue weighted by molar-refractivity contribution is 5.91. The van der Waals surface area contributed by atoms with Crippen LogP contribution < -0.4 is 9.47 Å². The van der Waals surface area contributed by atoms with Gasteiger partial charge >= 0.3 is 5.97 Å². The zero-order valence-corrected chi connectivity index (χ0v) is 12.0. The number of benzene rings is 2. The van der Waals surface area contributed by atoms with Gasteiger partial charge in [0.1, 0.15) is 0 Å². The monoisotopic (exact) mass is 270 g/mol. The third-order valence-electron chi connectivity index (χ3n) is 3.13. The van der Waals surface area contributed by atoms with Crippen LogP contribution in [0, 0.1) is 6.92 Å². The third kappa shape index (κ3) is 3.18. The smallest absolute Gasteiger partial charge is 0.343 e. The minimum Gasteiger partial charge on any atom is -0.493 e. The van der Waals surface area contributed by atoms with Crippen LogP contribution >= 0.6 is 0 Å². The lowest BCUT2D eigenvalue weighted by Crippen LogP contribution is -2.09. The van der Waals surface area contributed by atoms with Crippen molar-refractivity contribution in [3.63, 3.8) is 0 Å². The molecule has 2 aromatic carbocycles. The molecule has 0 saturated carbocycles. The summed E-state index contributed by atoms with van der Waals surface area (Å²) in [6, 6.07) is 12.9. The van der Waals surface area contributed by atoms with Crippen molar-refractivity contribution in [1.82, 2.24) is 0 Å². The van der Waals surface area contributed by atoms with Crippen LogP contribution in [0.4, 0.5) is 0 Å². The van der Waals surface area contributed by atoms with Crippen LogP contribution in [-0.2, 0) is 6.42 Å². The molecule has 0 aliphatic rings. The summed E-state index contributed by atoms with van der Waals surface area (Å²) in [4.78, 5) is 12.1. The number of carbonyl (C=O) groups excluding carboxylic acids is 1. The summed E-state index contributed by atoms with van der Waals surface area (Å²) in [7, 11) is 1.57. The quantitative estimate of drug-likeness (QED) is 0.626. The van der Waals surface area contributed by atoms with Crippen LogP contribution in [0.2, 0.25) is 0 Å². The molecule has 0 aliphatic carbocycles. The van der Waals surface area contributed by atoms with Gasteiger partial charge in [0.15, 0.2) is 11.5 Å². The Morgan fingerprint density at radius 1 is 1.05 bits per heavy atom. The molecule has 3 nitrogen and oxygen atoms in total. The second-order valence-corrected chi connectivity index (χ2v) is 4.59. The van der Waals surface area contributed by atoms with E-state index >= 15 is 0 Å². The fourth-order valence-corrected chi connectivity index (χ4v) is 1.86. The topological polar surface area (TPSA) is 35.5 Å². The van der Waals surface area contributed by atoms with Crippen molar-refractivity contribution in [3.8, 4) is 11.5 Å². The summed E-state index contributed by atoms with van der Waals surface area (Å²) >= 11 is 0. The number of esters is 1. The van der Waals surface area contributed by atoms with E-state index in [0.29, 0.717) is 17.1 Å². The minimum absolute atomic E-state index is 0.382. The molecule has 3 heteroatoms. The maximum atomic E-state index is 12.1. The summed E-state index contributed by atoms with van der Waals surface area (Å²) in [5.74, 6) is 0.632. The van der Waals surface area contributed by atoms with Gasteiger partial charge in [0, 0.05) is 0 Å². The molecule has 0 unspecified atom stereocenters. The average Bonchev–Trinajstić information content (AvgIpc) is 2.48. The fourth-order valence-electron chi connectivity index (χ4n) is 1.86. The molecule has 2 rings (SSSR count). The van der Waals surface area contributed by atoms with E-state index in [1.54, 1.807) is 25.3 Å². The van der Waals surface area contributed by atoms with Gasteiger partial charge < -0.3 is 9.47 Å². The Labute approximate surface area is 119 Å². The van der Waals surface area contributed by atoms with Gasteiger partial charge in [0.2, 0.25) is 0 Å². The molecule has 0 heterocycles. The maximum absolute atomic E-state index is 12.1. The average molecular weight is 270 g/mol. The first-order valence-corrected chi connectivity index (χ1v) is 6.59. The zero-order valence-electron chi connectivity index (χ0n) is 12.0. The van der Waals surface area contributed by atoms with Crippen LogP contribution in [-0.4, -0.2) is 13.1 Å². The lowest BCUT2D eigenvalue weighted by atomic mass is 10.1. The van der Waals surface area contributed by atoms with E-state index < -0.39 is 0 Å². The standard InChI is InChI=1S/C17H18O3/c1-4-13-7-10-15(16(11-13)19-3)20-17(18)14-8-5-12(2)6-9-14/h5-11H,4H2,1-3H3. The van der Waals surface area contributed by atoms with Crippen molar-refractivity contribution in [2.75, 3.05) is 7.11 Å². The predicted molar refractivity (Wildman–Crippen MR) is 78.5 cm³/mol. The predicted octanol–water partition coefficient (Wildman–Crippen LogP) is 3.79. The Morgan fingerprint density at radius 3 is 2.35 bits per heavy atom. The molecular formula is C17H18O3. The Balaban J connectivity index is 2.21. The van der Waals surface area contributed by atoms with Crippen LogP contribution in [0.3, 0.4) is 0 Å². The van der Waals surface area contributed by atoms with Gasteiger partial charge in [-0.05, 0) is 43.2 Å². The van der Waals surface area contributed by atoms with E-state index in [4.69, 9.17) is 9.47 Å². The minimum atomic E-state index is -0.382. The molecule has 20 heavy (non-hydrogen) atoms. The maximum Gasteiger partial charge on any atom is 0.343 e. The molecule has 0 bridgehead atoms. The largest absolute Gasteiger partial charge is 0.493 e. The summed E-state index contributed by atoms with van der Waals surface area (Å²) < 4.78 is 10.7. The first-order valence-electron chi connectivity index (χ1n) is 6.59. The number of methoxy groups -OCH3 is 1. The van der Waals surface area contributed by atoms with Crippen molar-refractivity contribution in [1.29, 1.82) is 0 Å². The Kier molecular flexibility index (Phi) is 4.41. The molecule has 0 radical (unpaired) electrons. The fraction of sp³-hybridized carbons (Fsp3) is 0.235. The van der Waals surface area contributed by atoms with E-state index in [-0.39, 0.29) is 5.97 Å². The summed E-state index contributed by atoms with van der Waals surface area (Å²) in [6.07, 6.45) is 0.905. The van der Waals surface area contributed by atoms with E-state index in [1.807, 2.05) is 31.2 Å². The van der Waals surface area contributed by atoms with Crippen LogP contribution in [0.1, 0.15) is 28.4 Å². The van der Waals surface area contributed by atoms with Crippen molar-refractivity contribution in [2.24, 2.45) is 0 Å². The highest BCUT2D eigenvalue weighted by Gasteiger charge is 2.12. The normalized spacial score (nSPS) is 10.2. The van der Waals surface area contributed by atoms with Crippen LogP contribution in [0.15, 0.2) is 42.5 Å². The van der Waals surface area contributed by atoms with Gasteiger partial charge in [-0.25, -0.2) is 4.79 Å². The van der Waals surface area contributed by atoms with E-state index in [9.17, 15) is 4.79 Å². The number of rotatable bonds is 4. The summed E-state index contributed by atoms with van der Waals surface area (Å²) in [6.45, 7) is 4.04. The van der Waals surface area contributed by atoms with E-state index in [1.165, 1.54) is 0 Å². The molecule has 0 fully saturated rings. The highest BCUT2D eigenvalue weighted by Crippen LogP contribution is 2.29. The van der Waals surface area contributed by atoms with Crippen LogP contribution in [0.5, 0.6) is 11.5 Å². The van der Waals surface area contributed by atoms with Gasteiger partial charge in [-0.1, -0.05) is 30.7 Å². The van der Waals surface area contributed by atoms with Gasteiger partial charge in [0.05, 0.1) is 12.7 Å². The SMILES string of the molecule is CCc1ccc(OC(=O)c2ccc(C)cc2)c(OC)c1. The lowest BCUT2D eigenvalue weighted by Gasteiger charge is -2.10. The highest BCUT2D eigenvalue weighted by atomic mass is 16.6. The molecule has 0 aliphatic heterocycles. The van der Waals surface area contributed by atoms with Crippen molar-refractivity contribution in [3.05, 3.63) is 59.2 Å². The van der Waals surface area contributed by atoms with Gasteiger partial charge in [0.25, 0.3) is 0 Å². The van der Waals surface area contributed by atoms with Gasteiger partial charge in [-0.3, -0.25) is 0 Å². The molecule has 2 aromatic rings. The number of aryl methyl sites for hydroxylation is 2. The number of carbonyl (C=O) groups is 1. The second-order valence-electron chi connectivity index (χ2n) is 4.59. The Hall–Kier alpha value is -2.29. The van der Waals surface area contributed by atoms with Crippen molar-refractivity contribution < 1.29 is 14.3 Å². The number of ether oxygens (including phenoxy) is 2. The molecule has 0 saturated heterocycles. The Bertz CT molecular complexity index is 600. The zero-order chi connectivity index (χ0) is 14.5. The first kappa shape index (κ1) is 14.1. The van der Waals surface area contributed by atoms with E-state index in [2.05, 4.69) is 6.92 Å². The molecule has 104 valence electrons. The third-order valence-corrected chi connectivity index (χ3v) is 3.13. The molecule has 0 amide bonds. The molecule has 0 spiro atoms. The van der Waals surface area contributed by atoms with Gasteiger partial charge in [-0.2, -0.15) is 0 Å². The molecular weight excluding hydrogens is 252 g/mol. The van der Waals surface area contributed by atoms with Crippen molar-refractivity contribution >= 4 is 5.97 Å². The van der Waals surface area contributed by atoms with E-state index in [0.717, 1.165) is 17.5 Å². The summed E-state index contributed by atoms with van der Waals surface area (Å²) in [5, 5.41) is 0. The number of hydrogen-bond donors (Lipinski definition) is 0. The van der Waals surface area contributed by atoms with Crippen molar-refractivity contribution in [2.45, 2.75) is 20.3 Å². The second kappa shape index (κ2) is 6.24. The van der Waals surface area contributed by atoms with Gasteiger partial charge in [-0.15, -0.1) is 0 Å². The molecule has 0 aromatic heterocycles. The summed E-state index contributed by atoms with van der Waals surface area (Å²) in [5.41, 5.74) is 2.76. The lowest BCUT2D eigenvalue weighted by molar-refractivity contribution is 0.0729. The van der Waals surface area contributed by atoms with Crippen LogP contribution in [0.25, 0.3) is 0 Å². The first-order chi connectivity index (χ1) is 9.63. The molecule has 0 atom stereocenters.